The molecule has 0 spiro atoms. The fourth-order valence-corrected chi connectivity index (χ4v) is 6.14. The van der Waals surface area contributed by atoms with Gasteiger partial charge in [-0.25, -0.2) is 9.97 Å². The summed E-state index contributed by atoms with van der Waals surface area (Å²) in [6, 6.07) is 1.14. The zero-order chi connectivity index (χ0) is 19.1. The fourth-order valence-electron chi connectivity index (χ4n) is 4.80. The Kier molecular flexibility index (Phi) is 5.45. The van der Waals surface area contributed by atoms with Gasteiger partial charge in [-0.1, -0.05) is 0 Å². The number of morpholine rings is 1. The van der Waals surface area contributed by atoms with Gasteiger partial charge in [0, 0.05) is 36.5 Å². The third-order valence-electron chi connectivity index (χ3n) is 6.30. The molecule has 28 heavy (non-hydrogen) atoms. The Morgan fingerprint density at radius 1 is 1.14 bits per heavy atom. The first-order valence-electron chi connectivity index (χ1n) is 10.3. The molecule has 1 saturated heterocycles. The molecule has 8 heteroatoms. The average molecular weight is 423 g/mol. The minimum absolute atomic E-state index is 0.234. The molecule has 0 aromatic carbocycles. The lowest BCUT2D eigenvalue weighted by molar-refractivity contribution is 0.00791. The van der Waals surface area contributed by atoms with Gasteiger partial charge < -0.3 is 14.8 Å². The number of hydrogen-bond acceptors (Lipinski definition) is 7. The second-order valence-corrected chi connectivity index (χ2v) is 9.57. The van der Waals surface area contributed by atoms with E-state index < -0.39 is 0 Å². The molecule has 2 aromatic heterocycles. The summed E-state index contributed by atoms with van der Waals surface area (Å²) in [6.45, 7) is 6.70. The minimum atomic E-state index is 0.234. The van der Waals surface area contributed by atoms with Crippen LogP contribution in [0.4, 0.5) is 5.82 Å². The molecule has 1 atom stereocenters. The van der Waals surface area contributed by atoms with Crippen LogP contribution in [-0.2, 0) is 22.5 Å². The Morgan fingerprint density at radius 3 is 2.71 bits per heavy atom. The zero-order valence-corrected chi connectivity index (χ0v) is 17.8. The Labute approximate surface area is 174 Å². The van der Waals surface area contributed by atoms with Gasteiger partial charge in [0.1, 0.15) is 10.6 Å². The van der Waals surface area contributed by atoms with E-state index in [1.165, 1.54) is 23.3 Å². The van der Waals surface area contributed by atoms with Crippen molar-refractivity contribution in [2.45, 2.75) is 63.8 Å². The molecule has 4 heterocycles. The summed E-state index contributed by atoms with van der Waals surface area (Å²) in [6.07, 6.45) is 5.93. The molecule has 0 radical (unpaired) electrons. The quantitative estimate of drug-likeness (QED) is 0.758. The molecule has 6 nitrogen and oxygen atoms in total. The number of halogens is 1. The lowest BCUT2D eigenvalue weighted by Gasteiger charge is -2.39. The van der Waals surface area contributed by atoms with E-state index in [2.05, 4.69) is 27.1 Å². The highest BCUT2D eigenvalue weighted by Gasteiger charge is 2.29. The topological polar surface area (TPSA) is 59.5 Å². The van der Waals surface area contributed by atoms with Crippen LogP contribution in [0.2, 0.25) is 5.28 Å². The monoisotopic (exact) mass is 422 g/mol. The number of nitrogens with zero attached hydrogens (tertiary/aromatic N) is 3. The summed E-state index contributed by atoms with van der Waals surface area (Å²) >= 11 is 7.95. The molecule has 152 valence electrons. The van der Waals surface area contributed by atoms with Crippen molar-refractivity contribution >= 4 is 39.0 Å². The summed E-state index contributed by atoms with van der Waals surface area (Å²) < 4.78 is 11.3. The van der Waals surface area contributed by atoms with Crippen molar-refractivity contribution < 1.29 is 9.47 Å². The molecule has 5 rings (SSSR count). The number of hydrogen-bond donors (Lipinski definition) is 1. The lowest BCUT2D eigenvalue weighted by atomic mass is 9.90. The molecule has 1 unspecified atom stereocenters. The van der Waals surface area contributed by atoms with Crippen molar-refractivity contribution in [1.82, 2.24) is 14.9 Å². The SMILES string of the molecule is CC1Cc2c(sc3nc(Cl)nc(NC4CCC(N5CCOCC5)CC4)c23)CO1. The van der Waals surface area contributed by atoms with E-state index in [0.717, 1.165) is 61.6 Å². The van der Waals surface area contributed by atoms with Crippen molar-refractivity contribution in [3.63, 3.8) is 0 Å². The van der Waals surface area contributed by atoms with E-state index in [-0.39, 0.29) is 6.10 Å². The highest BCUT2D eigenvalue weighted by atomic mass is 35.5. The van der Waals surface area contributed by atoms with Crippen LogP contribution < -0.4 is 5.32 Å². The van der Waals surface area contributed by atoms with Gasteiger partial charge in [-0.3, -0.25) is 4.90 Å². The Bertz CT molecular complexity index is 846. The Balaban J connectivity index is 1.33. The molecule has 0 amide bonds. The average Bonchev–Trinajstić information content (AvgIpc) is 3.06. The smallest absolute Gasteiger partial charge is 0.225 e. The van der Waals surface area contributed by atoms with E-state index in [0.29, 0.717) is 24.0 Å². The highest BCUT2D eigenvalue weighted by Crippen LogP contribution is 2.39. The molecule has 3 aliphatic rings. The Morgan fingerprint density at radius 2 is 1.93 bits per heavy atom. The first kappa shape index (κ1) is 19.0. The van der Waals surface area contributed by atoms with Crippen LogP contribution in [0.15, 0.2) is 0 Å². The predicted octanol–water partition coefficient (Wildman–Crippen LogP) is 3.86. The molecule has 2 fully saturated rings. The van der Waals surface area contributed by atoms with Gasteiger partial charge in [-0.05, 0) is 49.8 Å². The van der Waals surface area contributed by atoms with Crippen LogP contribution in [-0.4, -0.2) is 59.4 Å². The van der Waals surface area contributed by atoms with E-state index in [9.17, 15) is 0 Å². The standard InChI is InChI=1S/C20H27ClN4O2S/c1-12-10-15-16(11-27-12)28-19-17(15)18(23-20(21)24-19)22-13-2-4-14(5-3-13)25-6-8-26-9-7-25/h12-14H,2-11H2,1H3,(H,22,23,24). The summed E-state index contributed by atoms with van der Waals surface area (Å²) in [5, 5.41) is 5.21. The number of ether oxygens (including phenoxy) is 2. The van der Waals surface area contributed by atoms with E-state index in [1.54, 1.807) is 11.3 Å². The van der Waals surface area contributed by atoms with Crippen LogP contribution >= 0.6 is 22.9 Å². The molecule has 1 N–H and O–H groups in total. The number of thiophene rings is 1. The molecule has 0 bridgehead atoms. The van der Waals surface area contributed by atoms with Crippen molar-refractivity contribution in [3.8, 4) is 0 Å². The van der Waals surface area contributed by atoms with Crippen LogP contribution in [0.1, 0.15) is 43.0 Å². The largest absolute Gasteiger partial charge is 0.379 e. The highest BCUT2D eigenvalue weighted by molar-refractivity contribution is 7.19. The first-order chi connectivity index (χ1) is 13.7. The molecule has 2 aromatic rings. The van der Waals surface area contributed by atoms with Crippen molar-refractivity contribution in [1.29, 1.82) is 0 Å². The maximum atomic E-state index is 6.25. The lowest BCUT2D eigenvalue weighted by Crippen LogP contribution is -2.46. The van der Waals surface area contributed by atoms with Gasteiger partial charge in [0.25, 0.3) is 0 Å². The maximum absolute atomic E-state index is 6.25. The van der Waals surface area contributed by atoms with Crippen LogP contribution in [0, 0.1) is 0 Å². The van der Waals surface area contributed by atoms with Crippen LogP contribution in [0.3, 0.4) is 0 Å². The van der Waals surface area contributed by atoms with Crippen molar-refractivity contribution in [3.05, 3.63) is 15.7 Å². The van der Waals surface area contributed by atoms with Crippen molar-refractivity contribution in [2.75, 3.05) is 31.6 Å². The zero-order valence-electron chi connectivity index (χ0n) is 16.2. The third-order valence-corrected chi connectivity index (χ3v) is 7.57. The van der Waals surface area contributed by atoms with E-state index >= 15 is 0 Å². The minimum Gasteiger partial charge on any atom is -0.379 e. The number of anilines is 1. The summed E-state index contributed by atoms with van der Waals surface area (Å²) in [7, 11) is 0. The third kappa shape index (κ3) is 3.75. The number of aromatic nitrogens is 2. The number of rotatable bonds is 3. The van der Waals surface area contributed by atoms with E-state index in [4.69, 9.17) is 21.1 Å². The second kappa shape index (κ2) is 8.03. The van der Waals surface area contributed by atoms with Gasteiger partial charge in [0.2, 0.25) is 5.28 Å². The normalized spacial score (nSPS) is 29.0. The maximum Gasteiger partial charge on any atom is 0.225 e. The van der Waals surface area contributed by atoms with Gasteiger partial charge >= 0.3 is 0 Å². The van der Waals surface area contributed by atoms with Gasteiger partial charge in [0.05, 0.1) is 31.3 Å². The predicted molar refractivity (Wildman–Crippen MR) is 112 cm³/mol. The first-order valence-corrected chi connectivity index (χ1v) is 11.5. The van der Waals surface area contributed by atoms with Crippen LogP contribution in [0.25, 0.3) is 10.2 Å². The van der Waals surface area contributed by atoms with E-state index in [1.807, 2.05) is 0 Å². The fraction of sp³-hybridized carbons (Fsp3) is 0.700. The molecular formula is C20H27ClN4O2S. The molecule has 2 aliphatic heterocycles. The number of fused-ring (bicyclic) bond motifs is 3. The molecule has 1 saturated carbocycles. The second-order valence-electron chi connectivity index (χ2n) is 8.15. The molecule has 1 aliphatic carbocycles. The van der Waals surface area contributed by atoms with Gasteiger partial charge in [-0.2, -0.15) is 0 Å². The summed E-state index contributed by atoms with van der Waals surface area (Å²) in [5.41, 5.74) is 1.35. The Hall–Kier alpha value is -0.990. The van der Waals surface area contributed by atoms with Crippen LogP contribution in [0.5, 0.6) is 0 Å². The van der Waals surface area contributed by atoms with Crippen molar-refractivity contribution in [2.24, 2.45) is 0 Å². The molecular weight excluding hydrogens is 396 g/mol. The van der Waals surface area contributed by atoms with Gasteiger partial charge in [0.15, 0.2) is 0 Å². The summed E-state index contributed by atoms with van der Waals surface area (Å²) in [4.78, 5) is 13.9. The summed E-state index contributed by atoms with van der Waals surface area (Å²) in [5.74, 6) is 0.913. The number of nitrogens with one attached hydrogen (secondary N) is 1. The van der Waals surface area contributed by atoms with Gasteiger partial charge in [-0.15, -0.1) is 11.3 Å².